The van der Waals surface area contributed by atoms with Gasteiger partial charge in [-0.2, -0.15) is 0 Å². The van der Waals surface area contributed by atoms with Crippen molar-refractivity contribution in [2.24, 2.45) is 11.3 Å². The predicted molar refractivity (Wildman–Crippen MR) is 75.2 cm³/mol. The largest absolute Gasteiger partial charge is 0.314 e. The van der Waals surface area contributed by atoms with Crippen molar-refractivity contribution in [3.05, 3.63) is 0 Å². The summed E-state index contributed by atoms with van der Waals surface area (Å²) in [5.74, 6) is 0.900. The summed E-state index contributed by atoms with van der Waals surface area (Å²) >= 11 is 0. The molecule has 0 aromatic carbocycles. The molecule has 0 radical (unpaired) electrons. The molecule has 1 nitrogen and oxygen atoms in total. The molecular formula is C16H31N. The lowest BCUT2D eigenvalue weighted by molar-refractivity contribution is 0.165. The number of nitrogens with one attached hydrogen (secondary N) is 1. The maximum atomic E-state index is 3.83. The average Bonchev–Trinajstić information content (AvgIpc) is 2.81. The monoisotopic (exact) mass is 237 g/mol. The van der Waals surface area contributed by atoms with Gasteiger partial charge in [0.25, 0.3) is 0 Å². The first-order valence-electron chi connectivity index (χ1n) is 8.01. The van der Waals surface area contributed by atoms with Crippen molar-refractivity contribution in [3.8, 4) is 0 Å². The van der Waals surface area contributed by atoms with Crippen molar-refractivity contribution in [3.63, 3.8) is 0 Å². The molecule has 2 rings (SSSR count). The predicted octanol–water partition coefficient (Wildman–Crippen LogP) is 4.52. The summed E-state index contributed by atoms with van der Waals surface area (Å²) in [6.07, 6.45) is 14.7. The lowest BCUT2D eigenvalue weighted by Crippen LogP contribution is -2.38. The third kappa shape index (κ3) is 3.47. The smallest absolute Gasteiger partial charge is 0.00675 e. The SMILES string of the molecule is CCC(CC)CNC1CCC2(CCCC2)CC1. The first kappa shape index (κ1) is 13.4. The first-order chi connectivity index (χ1) is 8.28. The van der Waals surface area contributed by atoms with E-state index in [9.17, 15) is 0 Å². The van der Waals surface area contributed by atoms with Gasteiger partial charge in [-0.15, -0.1) is 0 Å². The van der Waals surface area contributed by atoms with Crippen LogP contribution in [-0.4, -0.2) is 12.6 Å². The van der Waals surface area contributed by atoms with E-state index in [2.05, 4.69) is 19.2 Å². The van der Waals surface area contributed by atoms with Crippen LogP contribution < -0.4 is 5.32 Å². The van der Waals surface area contributed by atoms with Crippen molar-refractivity contribution in [1.82, 2.24) is 5.32 Å². The minimum Gasteiger partial charge on any atom is -0.314 e. The van der Waals surface area contributed by atoms with E-state index in [1.807, 2.05) is 0 Å². The standard InChI is InChI=1S/C16H31N/c1-3-14(4-2)13-17-15-7-11-16(12-8-15)9-5-6-10-16/h14-15,17H,3-13H2,1-2H3. The zero-order chi connectivity index (χ0) is 12.1. The molecule has 1 heteroatoms. The van der Waals surface area contributed by atoms with Gasteiger partial charge in [-0.3, -0.25) is 0 Å². The van der Waals surface area contributed by atoms with Crippen LogP contribution in [0.4, 0.5) is 0 Å². The van der Waals surface area contributed by atoms with E-state index >= 15 is 0 Å². The molecule has 0 aromatic heterocycles. The quantitative estimate of drug-likeness (QED) is 0.741. The van der Waals surface area contributed by atoms with E-state index in [0.717, 1.165) is 17.4 Å². The molecule has 0 aliphatic heterocycles. The van der Waals surface area contributed by atoms with Gasteiger partial charge in [-0.25, -0.2) is 0 Å². The van der Waals surface area contributed by atoms with Gasteiger partial charge in [0.2, 0.25) is 0 Å². The van der Waals surface area contributed by atoms with Crippen LogP contribution in [0.3, 0.4) is 0 Å². The average molecular weight is 237 g/mol. The van der Waals surface area contributed by atoms with Crippen LogP contribution in [0.15, 0.2) is 0 Å². The number of hydrogen-bond acceptors (Lipinski definition) is 1. The molecule has 0 amide bonds. The molecule has 0 aromatic rings. The molecule has 1 N–H and O–H groups in total. The van der Waals surface area contributed by atoms with Crippen molar-refractivity contribution in [2.75, 3.05) is 6.54 Å². The maximum absolute atomic E-state index is 3.83. The van der Waals surface area contributed by atoms with Gasteiger partial charge in [0, 0.05) is 6.04 Å². The zero-order valence-electron chi connectivity index (χ0n) is 11.9. The molecule has 0 unspecified atom stereocenters. The van der Waals surface area contributed by atoms with Gasteiger partial charge in [0.15, 0.2) is 0 Å². The van der Waals surface area contributed by atoms with Crippen molar-refractivity contribution in [2.45, 2.75) is 84.1 Å². The highest BCUT2D eigenvalue weighted by Crippen LogP contribution is 2.48. The van der Waals surface area contributed by atoms with Crippen LogP contribution in [0.5, 0.6) is 0 Å². The van der Waals surface area contributed by atoms with Crippen molar-refractivity contribution in [1.29, 1.82) is 0 Å². The van der Waals surface area contributed by atoms with Crippen molar-refractivity contribution < 1.29 is 0 Å². The molecule has 1 spiro atoms. The zero-order valence-corrected chi connectivity index (χ0v) is 11.9. The van der Waals surface area contributed by atoms with Gasteiger partial charge < -0.3 is 5.32 Å². The Bertz CT molecular complexity index is 201. The normalized spacial score (nSPS) is 24.9. The molecule has 0 heterocycles. The highest BCUT2D eigenvalue weighted by Gasteiger charge is 2.37. The van der Waals surface area contributed by atoms with E-state index in [1.165, 1.54) is 70.8 Å². The molecular weight excluding hydrogens is 206 g/mol. The van der Waals surface area contributed by atoms with E-state index in [-0.39, 0.29) is 0 Å². The molecule has 2 aliphatic rings. The van der Waals surface area contributed by atoms with Crippen LogP contribution in [0.2, 0.25) is 0 Å². The van der Waals surface area contributed by atoms with Crippen LogP contribution in [-0.2, 0) is 0 Å². The second-order valence-electron chi connectivity index (χ2n) is 6.57. The highest BCUT2D eigenvalue weighted by atomic mass is 14.9. The van der Waals surface area contributed by atoms with Gasteiger partial charge in [-0.05, 0) is 56.4 Å². The Morgan fingerprint density at radius 2 is 1.59 bits per heavy atom. The third-order valence-corrected chi connectivity index (χ3v) is 5.56. The fourth-order valence-electron chi connectivity index (χ4n) is 3.97. The topological polar surface area (TPSA) is 12.0 Å². The molecule has 2 aliphatic carbocycles. The van der Waals surface area contributed by atoms with Crippen LogP contribution in [0.1, 0.15) is 78.1 Å². The van der Waals surface area contributed by atoms with Gasteiger partial charge in [-0.1, -0.05) is 39.5 Å². The molecule has 0 bridgehead atoms. The number of hydrogen-bond donors (Lipinski definition) is 1. The Kier molecular flexibility index (Phi) is 4.90. The van der Waals surface area contributed by atoms with E-state index < -0.39 is 0 Å². The molecule has 0 atom stereocenters. The summed E-state index contributed by atoms with van der Waals surface area (Å²) in [5, 5.41) is 3.83. The fourth-order valence-corrected chi connectivity index (χ4v) is 3.97. The van der Waals surface area contributed by atoms with E-state index in [1.54, 1.807) is 0 Å². The second-order valence-corrected chi connectivity index (χ2v) is 6.57. The van der Waals surface area contributed by atoms with Crippen LogP contribution in [0.25, 0.3) is 0 Å². The Morgan fingerprint density at radius 1 is 1.00 bits per heavy atom. The fraction of sp³-hybridized carbons (Fsp3) is 1.00. The number of rotatable bonds is 5. The summed E-state index contributed by atoms with van der Waals surface area (Å²) in [6.45, 7) is 5.90. The Hall–Kier alpha value is -0.0400. The van der Waals surface area contributed by atoms with Gasteiger partial charge in [0.05, 0.1) is 0 Å². The minimum absolute atomic E-state index is 0.799. The molecule has 2 fully saturated rings. The molecule has 100 valence electrons. The van der Waals surface area contributed by atoms with Gasteiger partial charge >= 0.3 is 0 Å². The molecule has 2 saturated carbocycles. The summed E-state index contributed by atoms with van der Waals surface area (Å²) < 4.78 is 0. The first-order valence-corrected chi connectivity index (χ1v) is 8.01. The lowest BCUT2D eigenvalue weighted by atomic mass is 9.71. The second kappa shape index (κ2) is 6.22. The Labute approximate surface area is 108 Å². The third-order valence-electron chi connectivity index (χ3n) is 5.56. The summed E-state index contributed by atoms with van der Waals surface area (Å²) in [6, 6.07) is 0.835. The van der Waals surface area contributed by atoms with Gasteiger partial charge in [0.1, 0.15) is 0 Å². The van der Waals surface area contributed by atoms with E-state index in [4.69, 9.17) is 0 Å². The summed E-state index contributed by atoms with van der Waals surface area (Å²) in [4.78, 5) is 0. The van der Waals surface area contributed by atoms with Crippen LogP contribution >= 0.6 is 0 Å². The Balaban J connectivity index is 1.68. The summed E-state index contributed by atoms with van der Waals surface area (Å²) in [5.41, 5.74) is 0.799. The lowest BCUT2D eigenvalue weighted by Gasteiger charge is -2.38. The highest BCUT2D eigenvalue weighted by molar-refractivity contribution is 4.91. The molecule has 17 heavy (non-hydrogen) atoms. The Morgan fingerprint density at radius 3 is 2.12 bits per heavy atom. The van der Waals surface area contributed by atoms with Crippen molar-refractivity contribution >= 4 is 0 Å². The maximum Gasteiger partial charge on any atom is 0.00675 e. The molecule has 0 saturated heterocycles. The summed E-state index contributed by atoms with van der Waals surface area (Å²) in [7, 11) is 0. The van der Waals surface area contributed by atoms with Crippen LogP contribution in [0, 0.1) is 11.3 Å². The minimum atomic E-state index is 0.799. The van der Waals surface area contributed by atoms with E-state index in [0.29, 0.717) is 0 Å².